The maximum absolute atomic E-state index is 12.6. The molecule has 1 aromatic carbocycles. The predicted octanol–water partition coefficient (Wildman–Crippen LogP) is 2.34. The van der Waals surface area contributed by atoms with Gasteiger partial charge in [-0.2, -0.15) is 13.2 Å². The summed E-state index contributed by atoms with van der Waals surface area (Å²) < 4.78 is 37.7. The van der Waals surface area contributed by atoms with Crippen molar-refractivity contribution in [1.29, 1.82) is 0 Å². The second kappa shape index (κ2) is 5.18. The molecule has 1 aromatic rings. The van der Waals surface area contributed by atoms with E-state index in [1.165, 1.54) is 19.1 Å². The first-order valence-corrected chi connectivity index (χ1v) is 5.08. The summed E-state index contributed by atoms with van der Waals surface area (Å²) in [6, 6.07) is 5.68. The lowest BCUT2D eigenvalue weighted by Gasteiger charge is -2.28. The monoisotopic (exact) mass is 246 g/mol. The Balaban J connectivity index is 2.90. The Morgan fingerprint density at radius 1 is 1.35 bits per heavy atom. The number of halogens is 3. The Morgan fingerprint density at radius 3 is 2.29 bits per heavy atom. The molecule has 0 radical (unpaired) electrons. The second-order valence-corrected chi connectivity index (χ2v) is 3.54. The van der Waals surface area contributed by atoms with E-state index in [4.69, 9.17) is 5.84 Å². The molecule has 0 aliphatic rings. The minimum Gasteiger partial charge on any atom is -0.268 e. The zero-order valence-electron chi connectivity index (χ0n) is 9.24. The molecule has 94 valence electrons. The molecule has 1 rings (SSSR count). The molecule has 0 heterocycles. The topological polar surface area (TPSA) is 46.3 Å². The van der Waals surface area contributed by atoms with Crippen molar-refractivity contribution < 1.29 is 18.0 Å². The van der Waals surface area contributed by atoms with E-state index in [-0.39, 0.29) is 17.0 Å². The van der Waals surface area contributed by atoms with Crippen molar-refractivity contribution in [3.63, 3.8) is 0 Å². The van der Waals surface area contributed by atoms with Crippen molar-refractivity contribution in [2.24, 2.45) is 5.84 Å². The molecule has 1 unspecified atom stereocenters. The molecular formula is C11H13F3N2O. The van der Waals surface area contributed by atoms with Crippen molar-refractivity contribution in [1.82, 2.24) is 5.01 Å². The molecule has 0 aromatic heterocycles. The van der Waals surface area contributed by atoms with Crippen molar-refractivity contribution in [3.05, 3.63) is 35.9 Å². The zero-order chi connectivity index (χ0) is 13.1. The smallest absolute Gasteiger partial charge is 0.268 e. The molecule has 0 spiro atoms. The number of rotatable bonds is 3. The van der Waals surface area contributed by atoms with Crippen LogP contribution < -0.4 is 5.84 Å². The highest BCUT2D eigenvalue weighted by Gasteiger charge is 2.43. The maximum Gasteiger partial charge on any atom is 0.410 e. The molecular weight excluding hydrogens is 233 g/mol. The molecule has 1 amide bonds. The van der Waals surface area contributed by atoms with E-state index in [1.54, 1.807) is 18.2 Å². The van der Waals surface area contributed by atoms with E-state index in [9.17, 15) is 18.0 Å². The van der Waals surface area contributed by atoms with Gasteiger partial charge in [-0.25, -0.2) is 5.84 Å². The SMILES string of the molecule is CCC(N(N)C(=O)c1ccccc1)C(F)(F)F. The fourth-order valence-corrected chi connectivity index (χ4v) is 1.46. The normalized spacial score (nSPS) is 13.2. The highest BCUT2D eigenvalue weighted by Crippen LogP contribution is 2.26. The number of hydrogen-bond donors (Lipinski definition) is 1. The summed E-state index contributed by atoms with van der Waals surface area (Å²) in [5, 5.41) is 0.245. The van der Waals surface area contributed by atoms with Crippen LogP contribution in [-0.4, -0.2) is 23.1 Å². The molecule has 6 heteroatoms. The van der Waals surface area contributed by atoms with Crippen LogP contribution in [0, 0.1) is 0 Å². The van der Waals surface area contributed by atoms with Crippen LogP contribution in [-0.2, 0) is 0 Å². The minimum atomic E-state index is -4.52. The number of carbonyl (C=O) groups is 1. The van der Waals surface area contributed by atoms with Crippen molar-refractivity contribution in [3.8, 4) is 0 Å². The molecule has 0 saturated carbocycles. The largest absolute Gasteiger partial charge is 0.410 e. The van der Waals surface area contributed by atoms with Gasteiger partial charge in [0, 0.05) is 5.56 Å². The average Bonchev–Trinajstić information content (AvgIpc) is 2.28. The predicted molar refractivity (Wildman–Crippen MR) is 56.9 cm³/mol. The van der Waals surface area contributed by atoms with Gasteiger partial charge in [0.2, 0.25) is 0 Å². The van der Waals surface area contributed by atoms with Crippen molar-refractivity contribution in [2.75, 3.05) is 0 Å². The third-order valence-electron chi connectivity index (χ3n) is 2.36. The first kappa shape index (κ1) is 13.5. The van der Waals surface area contributed by atoms with Crippen LogP contribution in [0.2, 0.25) is 0 Å². The van der Waals surface area contributed by atoms with Crippen molar-refractivity contribution >= 4 is 5.91 Å². The highest BCUT2D eigenvalue weighted by molar-refractivity contribution is 5.94. The molecule has 0 fully saturated rings. The van der Waals surface area contributed by atoms with E-state index < -0.39 is 18.1 Å². The summed E-state index contributed by atoms with van der Waals surface area (Å²) in [5.41, 5.74) is 0.137. The Labute approximate surface area is 97.0 Å². The summed E-state index contributed by atoms with van der Waals surface area (Å²) >= 11 is 0. The van der Waals surface area contributed by atoms with Crippen LogP contribution in [0.4, 0.5) is 13.2 Å². The third kappa shape index (κ3) is 3.20. The highest BCUT2D eigenvalue weighted by atomic mass is 19.4. The van der Waals surface area contributed by atoms with Crippen LogP contribution in [0.15, 0.2) is 30.3 Å². The van der Waals surface area contributed by atoms with Crippen molar-refractivity contribution in [2.45, 2.75) is 25.6 Å². The minimum absolute atomic E-state index is 0.137. The number of hydrogen-bond acceptors (Lipinski definition) is 2. The summed E-state index contributed by atoms with van der Waals surface area (Å²) in [4.78, 5) is 11.7. The van der Waals surface area contributed by atoms with Gasteiger partial charge >= 0.3 is 6.18 Å². The van der Waals surface area contributed by atoms with Crippen LogP contribution in [0.25, 0.3) is 0 Å². The number of hydrazine groups is 1. The second-order valence-electron chi connectivity index (χ2n) is 3.54. The van der Waals surface area contributed by atoms with E-state index in [1.807, 2.05) is 0 Å². The van der Waals surface area contributed by atoms with Gasteiger partial charge in [0.1, 0.15) is 6.04 Å². The fourth-order valence-electron chi connectivity index (χ4n) is 1.46. The number of nitrogens with zero attached hydrogens (tertiary/aromatic N) is 1. The van der Waals surface area contributed by atoms with Gasteiger partial charge < -0.3 is 0 Å². The Hall–Kier alpha value is -1.56. The first-order valence-electron chi connectivity index (χ1n) is 5.08. The van der Waals surface area contributed by atoms with E-state index in [0.717, 1.165) is 0 Å². The van der Waals surface area contributed by atoms with Gasteiger partial charge in [-0.1, -0.05) is 25.1 Å². The quantitative estimate of drug-likeness (QED) is 0.505. The molecule has 3 nitrogen and oxygen atoms in total. The molecule has 1 atom stereocenters. The molecule has 0 aliphatic carbocycles. The first-order chi connectivity index (χ1) is 7.88. The average molecular weight is 246 g/mol. The molecule has 0 bridgehead atoms. The van der Waals surface area contributed by atoms with Crippen LogP contribution >= 0.6 is 0 Å². The lowest BCUT2D eigenvalue weighted by Crippen LogP contribution is -2.52. The standard InChI is InChI=1S/C11H13F3N2O/c1-2-9(11(12,13)14)16(15)10(17)8-6-4-3-5-7-8/h3-7,9H,2,15H2,1H3. The van der Waals surface area contributed by atoms with Gasteiger partial charge in [0.15, 0.2) is 0 Å². The van der Waals surface area contributed by atoms with Gasteiger partial charge in [0.05, 0.1) is 0 Å². The number of benzene rings is 1. The fraction of sp³-hybridized carbons (Fsp3) is 0.364. The van der Waals surface area contributed by atoms with Gasteiger partial charge in [-0.3, -0.25) is 9.80 Å². The summed E-state index contributed by atoms with van der Waals surface area (Å²) in [6.45, 7) is 1.33. The van der Waals surface area contributed by atoms with Gasteiger partial charge in [-0.05, 0) is 18.6 Å². The zero-order valence-corrected chi connectivity index (χ0v) is 9.24. The lowest BCUT2D eigenvalue weighted by molar-refractivity contribution is -0.177. The van der Waals surface area contributed by atoms with Crippen LogP contribution in [0.5, 0.6) is 0 Å². The third-order valence-corrected chi connectivity index (χ3v) is 2.36. The Bertz CT molecular complexity index is 378. The van der Waals surface area contributed by atoms with E-state index in [0.29, 0.717) is 0 Å². The van der Waals surface area contributed by atoms with Crippen LogP contribution in [0.3, 0.4) is 0 Å². The molecule has 0 aliphatic heterocycles. The summed E-state index contributed by atoms with van der Waals surface area (Å²) in [7, 11) is 0. The molecule has 2 N–H and O–H groups in total. The Morgan fingerprint density at radius 2 is 1.88 bits per heavy atom. The van der Waals surface area contributed by atoms with E-state index >= 15 is 0 Å². The van der Waals surface area contributed by atoms with Gasteiger partial charge in [0.25, 0.3) is 5.91 Å². The number of amides is 1. The number of nitrogens with two attached hydrogens (primary N) is 1. The van der Waals surface area contributed by atoms with Crippen LogP contribution in [0.1, 0.15) is 23.7 Å². The summed E-state index contributed by atoms with van der Waals surface area (Å²) in [5.74, 6) is 4.42. The summed E-state index contributed by atoms with van der Waals surface area (Å²) in [6.07, 6.45) is -4.80. The lowest BCUT2D eigenvalue weighted by atomic mass is 10.1. The maximum atomic E-state index is 12.6. The van der Waals surface area contributed by atoms with E-state index in [2.05, 4.69) is 0 Å². The molecule has 17 heavy (non-hydrogen) atoms. The molecule has 0 saturated heterocycles. The number of carbonyl (C=O) groups excluding carboxylic acids is 1. The Kier molecular flexibility index (Phi) is 4.11. The number of alkyl halides is 3. The van der Waals surface area contributed by atoms with Gasteiger partial charge in [-0.15, -0.1) is 0 Å².